The molecule has 0 aromatic heterocycles. The van der Waals surface area contributed by atoms with Gasteiger partial charge in [0.15, 0.2) is 0 Å². The molecule has 0 heterocycles. The Morgan fingerprint density at radius 3 is 1.80 bits per heavy atom. The van der Waals surface area contributed by atoms with Crippen LogP contribution in [0.2, 0.25) is 0 Å². The van der Waals surface area contributed by atoms with Gasteiger partial charge in [-0.1, -0.05) is 0 Å². The zero-order chi connectivity index (χ0) is 10.7. The van der Waals surface area contributed by atoms with E-state index in [2.05, 4.69) is 0 Å². The number of ether oxygens (including phenoxy) is 2. The Balaban J connectivity index is 0.00000196. The minimum atomic E-state index is -0.0968. The third-order valence-electron chi connectivity index (χ3n) is 2.14. The van der Waals surface area contributed by atoms with Crippen molar-refractivity contribution in [2.75, 3.05) is 14.2 Å². The van der Waals surface area contributed by atoms with E-state index in [4.69, 9.17) is 15.2 Å². The topological polar surface area (TPSA) is 44.5 Å². The first-order chi connectivity index (χ1) is 6.60. The van der Waals surface area contributed by atoms with Crippen molar-refractivity contribution in [1.82, 2.24) is 0 Å². The molecule has 0 aliphatic rings. The lowest BCUT2D eigenvalue weighted by Gasteiger charge is -2.16. The molecule has 0 amide bonds. The van der Waals surface area contributed by atoms with Gasteiger partial charge in [-0.05, 0) is 31.5 Å². The van der Waals surface area contributed by atoms with Gasteiger partial charge in [-0.15, -0.1) is 12.4 Å². The Labute approximate surface area is 97.0 Å². The smallest absolute Gasteiger partial charge is 0.127 e. The molecule has 0 unspecified atom stereocenters. The van der Waals surface area contributed by atoms with Gasteiger partial charge in [0.2, 0.25) is 0 Å². The quantitative estimate of drug-likeness (QED) is 0.869. The highest BCUT2D eigenvalue weighted by Gasteiger charge is 2.14. The summed E-state index contributed by atoms with van der Waals surface area (Å²) in [4.78, 5) is 0. The normalized spacial score (nSPS) is 11.5. The van der Waals surface area contributed by atoms with Crippen molar-refractivity contribution >= 4 is 12.4 Å². The van der Waals surface area contributed by atoms with E-state index < -0.39 is 0 Å². The maximum absolute atomic E-state index is 5.86. The number of halogens is 1. The number of rotatable bonds is 3. The summed E-state index contributed by atoms with van der Waals surface area (Å²) >= 11 is 0. The van der Waals surface area contributed by atoms with Gasteiger partial charge in [-0.2, -0.15) is 0 Å². The fraction of sp³-hybridized carbons (Fsp3) is 0.455. The second-order valence-corrected chi connectivity index (χ2v) is 3.37. The summed E-state index contributed by atoms with van der Waals surface area (Å²) in [6, 6.07) is 3.82. The van der Waals surface area contributed by atoms with Crippen LogP contribution in [0.5, 0.6) is 11.5 Å². The highest BCUT2D eigenvalue weighted by molar-refractivity contribution is 5.85. The summed E-state index contributed by atoms with van der Waals surface area (Å²) in [6.45, 7) is 3.91. The molecule has 86 valence electrons. The number of aryl methyl sites for hydroxylation is 1. The fourth-order valence-electron chi connectivity index (χ4n) is 1.52. The van der Waals surface area contributed by atoms with Crippen LogP contribution in [0, 0.1) is 6.92 Å². The van der Waals surface area contributed by atoms with Crippen LogP contribution in [0.25, 0.3) is 0 Å². The van der Waals surface area contributed by atoms with Crippen molar-refractivity contribution in [1.29, 1.82) is 0 Å². The standard InChI is InChI=1S/C11H17NO2.ClH/c1-7-5-9(13-3)11(8(2)12)10(6-7)14-4;/h5-6,8H,12H2,1-4H3;1H/t8-;/m0./s1. The van der Waals surface area contributed by atoms with E-state index in [1.54, 1.807) is 14.2 Å². The van der Waals surface area contributed by atoms with Gasteiger partial charge in [0.1, 0.15) is 11.5 Å². The first-order valence-corrected chi connectivity index (χ1v) is 4.58. The molecule has 0 saturated heterocycles. The number of benzene rings is 1. The molecule has 0 radical (unpaired) electrons. The fourth-order valence-corrected chi connectivity index (χ4v) is 1.52. The average molecular weight is 232 g/mol. The molecule has 1 aromatic rings. The lowest BCUT2D eigenvalue weighted by Crippen LogP contribution is -2.09. The van der Waals surface area contributed by atoms with Gasteiger partial charge in [0.05, 0.1) is 19.8 Å². The zero-order valence-electron chi connectivity index (χ0n) is 9.53. The molecular formula is C11H18ClNO2. The molecule has 0 saturated carbocycles. The van der Waals surface area contributed by atoms with Crippen LogP contribution in [0.1, 0.15) is 24.1 Å². The van der Waals surface area contributed by atoms with Gasteiger partial charge >= 0.3 is 0 Å². The number of hydrogen-bond acceptors (Lipinski definition) is 3. The third kappa shape index (κ3) is 3.01. The van der Waals surface area contributed by atoms with Crippen molar-refractivity contribution in [3.63, 3.8) is 0 Å². The van der Waals surface area contributed by atoms with Crippen LogP contribution in [-0.2, 0) is 0 Å². The molecule has 1 aromatic carbocycles. The van der Waals surface area contributed by atoms with Crippen LogP contribution in [-0.4, -0.2) is 14.2 Å². The van der Waals surface area contributed by atoms with Crippen LogP contribution in [0.15, 0.2) is 12.1 Å². The highest BCUT2D eigenvalue weighted by Crippen LogP contribution is 2.34. The summed E-state index contributed by atoms with van der Waals surface area (Å²) in [5.74, 6) is 1.58. The molecule has 3 nitrogen and oxygen atoms in total. The summed E-state index contributed by atoms with van der Waals surface area (Å²) in [6.07, 6.45) is 0. The van der Waals surface area contributed by atoms with E-state index in [1.807, 2.05) is 26.0 Å². The zero-order valence-corrected chi connectivity index (χ0v) is 10.4. The van der Waals surface area contributed by atoms with Gasteiger partial charge < -0.3 is 15.2 Å². The lowest BCUT2D eigenvalue weighted by atomic mass is 10.0. The minimum absolute atomic E-state index is 0. The SMILES string of the molecule is COc1cc(C)cc(OC)c1[C@H](C)N.Cl. The molecule has 4 heteroatoms. The molecule has 1 atom stereocenters. The summed E-state index contributed by atoms with van der Waals surface area (Å²) in [5.41, 5.74) is 7.87. The van der Waals surface area contributed by atoms with Crippen molar-refractivity contribution < 1.29 is 9.47 Å². The van der Waals surface area contributed by atoms with Gasteiger partial charge in [-0.25, -0.2) is 0 Å². The van der Waals surface area contributed by atoms with Crippen molar-refractivity contribution in [3.8, 4) is 11.5 Å². The monoisotopic (exact) mass is 231 g/mol. The van der Waals surface area contributed by atoms with Gasteiger partial charge in [0, 0.05) is 6.04 Å². The van der Waals surface area contributed by atoms with Gasteiger partial charge in [-0.3, -0.25) is 0 Å². The molecule has 0 fully saturated rings. The second kappa shape index (κ2) is 5.83. The number of hydrogen-bond donors (Lipinski definition) is 1. The predicted molar refractivity (Wildman–Crippen MR) is 64.1 cm³/mol. The molecule has 15 heavy (non-hydrogen) atoms. The Bertz CT molecular complexity index is 301. The number of methoxy groups -OCH3 is 2. The van der Waals surface area contributed by atoms with Crippen molar-refractivity contribution in [2.24, 2.45) is 5.73 Å². The minimum Gasteiger partial charge on any atom is -0.496 e. The van der Waals surface area contributed by atoms with Crippen LogP contribution in [0.3, 0.4) is 0 Å². The Hall–Kier alpha value is -0.930. The van der Waals surface area contributed by atoms with Gasteiger partial charge in [0.25, 0.3) is 0 Å². The van der Waals surface area contributed by atoms with E-state index in [1.165, 1.54) is 0 Å². The predicted octanol–water partition coefficient (Wildman–Crippen LogP) is 2.45. The third-order valence-corrected chi connectivity index (χ3v) is 2.14. The largest absolute Gasteiger partial charge is 0.496 e. The van der Waals surface area contributed by atoms with E-state index in [9.17, 15) is 0 Å². The Morgan fingerprint density at radius 1 is 1.13 bits per heavy atom. The Morgan fingerprint density at radius 2 is 1.53 bits per heavy atom. The van der Waals surface area contributed by atoms with Crippen molar-refractivity contribution in [3.05, 3.63) is 23.3 Å². The second-order valence-electron chi connectivity index (χ2n) is 3.37. The molecule has 1 rings (SSSR count). The molecule has 0 aliphatic carbocycles. The molecule has 0 spiro atoms. The van der Waals surface area contributed by atoms with E-state index >= 15 is 0 Å². The molecule has 2 N–H and O–H groups in total. The Kier molecular flexibility index (Phi) is 5.47. The first-order valence-electron chi connectivity index (χ1n) is 4.58. The van der Waals surface area contributed by atoms with Crippen LogP contribution < -0.4 is 15.2 Å². The summed E-state index contributed by atoms with van der Waals surface area (Å²) in [7, 11) is 3.28. The van der Waals surface area contributed by atoms with E-state index in [-0.39, 0.29) is 18.4 Å². The highest BCUT2D eigenvalue weighted by atomic mass is 35.5. The maximum atomic E-state index is 5.86. The van der Waals surface area contributed by atoms with Crippen molar-refractivity contribution in [2.45, 2.75) is 19.9 Å². The summed E-state index contributed by atoms with van der Waals surface area (Å²) in [5, 5.41) is 0. The molecule has 0 aliphatic heterocycles. The maximum Gasteiger partial charge on any atom is 0.127 e. The summed E-state index contributed by atoms with van der Waals surface area (Å²) < 4.78 is 10.5. The lowest BCUT2D eigenvalue weighted by molar-refractivity contribution is 0.380. The molecule has 0 bridgehead atoms. The van der Waals surface area contributed by atoms with Crippen LogP contribution >= 0.6 is 12.4 Å². The molecular weight excluding hydrogens is 214 g/mol. The van der Waals surface area contributed by atoms with Crippen LogP contribution in [0.4, 0.5) is 0 Å². The van der Waals surface area contributed by atoms with E-state index in [0.717, 1.165) is 22.6 Å². The average Bonchev–Trinajstić information content (AvgIpc) is 2.15. The number of nitrogens with two attached hydrogens (primary N) is 1. The first kappa shape index (κ1) is 14.1. The van der Waals surface area contributed by atoms with E-state index in [0.29, 0.717) is 0 Å².